The van der Waals surface area contributed by atoms with Crippen molar-refractivity contribution in [1.29, 1.82) is 0 Å². The molecule has 0 spiro atoms. The van der Waals surface area contributed by atoms with Crippen LogP contribution in [0.4, 0.5) is 17.6 Å². The van der Waals surface area contributed by atoms with Gasteiger partial charge in [0, 0.05) is 31.7 Å². The third kappa shape index (κ3) is 4.24. The first-order valence-electron chi connectivity index (χ1n) is 6.73. The van der Waals surface area contributed by atoms with Crippen LogP contribution in [0.5, 0.6) is 5.75 Å². The summed E-state index contributed by atoms with van der Waals surface area (Å²) < 4.78 is 56.7. The van der Waals surface area contributed by atoms with Crippen LogP contribution in [0.15, 0.2) is 18.2 Å². The number of rotatable bonds is 4. The van der Waals surface area contributed by atoms with Gasteiger partial charge in [-0.25, -0.2) is 4.39 Å². The molecule has 0 unspecified atom stereocenters. The first-order chi connectivity index (χ1) is 9.97. The summed E-state index contributed by atoms with van der Waals surface area (Å²) in [7, 11) is 1.30. The van der Waals surface area contributed by atoms with E-state index in [0.29, 0.717) is 18.7 Å². The molecule has 0 aliphatic carbocycles. The zero-order valence-corrected chi connectivity index (χ0v) is 12.9. The third-order valence-electron chi connectivity index (χ3n) is 3.66. The largest absolute Gasteiger partial charge is 0.496 e. The molecule has 1 atom stereocenters. The smallest absolute Gasteiger partial charge is 0.416 e. The van der Waals surface area contributed by atoms with Gasteiger partial charge in [0.2, 0.25) is 0 Å². The van der Waals surface area contributed by atoms with Gasteiger partial charge in [0.1, 0.15) is 12.4 Å². The summed E-state index contributed by atoms with van der Waals surface area (Å²) in [5.41, 5.74) is -0.337. The van der Waals surface area contributed by atoms with Gasteiger partial charge in [-0.2, -0.15) is 13.2 Å². The first kappa shape index (κ1) is 19.0. The predicted octanol–water partition coefficient (Wildman–Crippen LogP) is 3.05. The average Bonchev–Trinajstić information content (AvgIpc) is 2.48. The Balaban J connectivity index is 0.00000242. The lowest BCUT2D eigenvalue weighted by Gasteiger charge is -2.34. The average molecular weight is 343 g/mol. The normalized spacial score (nSPS) is 17.7. The van der Waals surface area contributed by atoms with Gasteiger partial charge in [-0.05, 0) is 12.1 Å². The molecule has 0 radical (unpaired) electrons. The Hall–Kier alpha value is -1.05. The van der Waals surface area contributed by atoms with Crippen LogP contribution in [0, 0.1) is 0 Å². The highest BCUT2D eigenvalue weighted by Crippen LogP contribution is 2.36. The second-order valence-electron chi connectivity index (χ2n) is 4.91. The van der Waals surface area contributed by atoms with E-state index in [1.54, 1.807) is 0 Å². The van der Waals surface area contributed by atoms with Crippen molar-refractivity contribution >= 4 is 12.4 Å². The summed E-state index contributed by atoms with van der Waals surface area (Å²) in [4.78, 5) is 1.92. The van der Waals surface area contributed by atoms with Crippen LogP contribution < -0.4 is 10.1 Å². The Kier molecular flexibility index (Phi) is 6.90. The standard InChI is InChI=1S/C14H18F4N2O.ClH/c1-21-13-8-10(14(16,17)18)2-3-11(13)12(9-15)20-6-4-19-5-7-20;/h2-3,8,12,19H,4-7,9H2,1H3;1H/t12-;/m0./s1. The van der Waals surface area contributed by atoms with Crippen LogP contribution in [0.1, 0.15) is 17.2 Å². The Morgan fingerprint density at radius 2 is 1.91 bits per heavy atom. The van der Waals surface area contributed by atoms with Crippen LogP contribution in [0.25, 0.3) is 0 Å². The van der Waals surface area contributed by atoms with Crippen molar-refractivity contribution < 1.29 is 22.3 Å². The fourth-order valence-electron chi connectivity index (χ4n) is 2.53. The van der Waals surface area contributed by atoms with Crippen LogP contribution in [-0.4, -0.2) is 44.9 Å². The number of halogens is 5. The van der Waals surface area contributed by atoms with Crippen LogP contribution in [0.3, 0.4) is 0 Å². The Bertz CT molecular complexity index is 478. The van der Waals surface area contributed by atoms with Gasteiger partial charge in [-0.1, -0.05) is 6.07 Å². The molecule has 2 rings (SSSR count). The highest BCUT2D eigenvalue weighted by atomic mass is 35.5. The van der Waals surface area contributed by atoms with Crippen molar-refractivity contribution in [2.75, 3.05) is 40.0 Å². The lowest BCUT2D eigenvalue weighted by Crippen LogP contribution is -2.45. The second kappa shape index (κ2) is 7.99. The lowest BCUT2D eigenvalue weighted by molar-refractivity contribution is -0.137. The zero-order chi connectivity index (χ0) is 15.5. The summed E-state index contributed by atoms with van der Waals surface area (Å²) in [6.45, 7) is 2.11. The number of piperazine rings is 1. The van der Waals surface area contributed by atoms with Crippen LogP contribution in [0.2, 0.25) is 0 Å². The zero-order valence-electron chi connectivity index (χ0n) is 12.1. The molecule has 0 saturated carbocycles. The third-order valence-corrected chi connectivity index (χ3v) is 3.66. The minimum absolute atomic E-state index is 0. The maximum absolute atomic E-state index is 13.4. The van der Waals surface area contributed by atoms with Gasteiger partial charge in [0.25, 0.3) is 0 Å². The molecule has 1 fully saturated rings. The van der Waals surface area contributed by atoms with Gasteiger partial charge in [-0.3, -0.25) is 4.90 Å². The maximum atomic E-state index is 13.4. The maximum Gasteiger partial charge on any atom is 0.416 e. The molecule has 3 nitrogen and oxygen atoms in total. The lowest BCUT2D eigenvalue weighted by atomic mass is 10.0. The molecule has 1 aromatic rings. The van der Waals surface area contributed by atoms with Gasteiger partial charge in [0.15, 0.2) is 0 Å². The van der Waals surface area contributed by atoms with Gasteiger partial charge in [-0.15, -0.1) is 12.4 Å². The van der Waals surface area contributed by atoms with E-state index in [0.717, 1.165) is 25.2 Å². The van der Waals surface area contributed by atoms with E-state index in [1.165, 1.54) is 13.2 Å². The van der Waals surface area contributed by atoms with Crippen molar-refractivity contribution in [2.24, 2.45) is 0 Å². The second-order valence-corrected chi connectivity index (χ2v) is 4.91. The molecular formula is C14H19ClF4N2O. The Morgan fingerprint density at radius 1 is 1.27 bits per heavy atom. The van der Waals surface area contributed by atoms with Crippen molar-refractivity contribution in [1.82, 2.24) is 10.2 Å². The van der Waals surface area contributed by atoms with Gasteiger partial charge in [0.05, 0.1) is 18.7 Å². The van der Waals surface area contributed by atoms with Crippen molar-refractivity contribution in [3.63, 3.8) is 0 Å². The summed E-state index contributed by atoms with van der Waals surface area (Å²) >= 11 is 0. The minimum atomic E-state index is -4.44. The number of nitrogens with one attached hydrogen (secondary N) is 1. The molecule has 1 aliphatic rings. The highest BCUT2D eigenvalue weighted by molar-refractivity contribution is 5.85. The van der Waals surface area contributed by atoms with Crippen molar-refractivity contribution in [3.05, 3.63) is 29.3 Å². The molecule has 1 aliphatic heterocycles. The van der Waals surface area contributed by atoms with E-state index in [2.05, 4.69) is 5.32 Å². The summed E-state index contributed by atoms with van der Waals surface area (Å²) in [6, 6.07) is 2.64. The molecular weight excluding hydrogens is 324 g/mol. The van der Waals surface area contributed by atoms with E-state index >= 15 is 0 Å². The van der Waals surface area contributed by atoms with Crippen LogP contribution in [-0.2, 0) is 6.18 Å². The summed E-state index contributed by atoms with van der Waals surface area (Å²) in [5.74, 6) is 0.0750. The first-order valence-corrected chi connectivity index (χ1v) is 6.73. The fourth-order valence-corrected chi connectivity index (χ4v) is 2.53. The van der Waals surface area contributed by atoms with Gasteiger partial charge >= 0.3 is 6.18 Å². The molecule has 1 N–H and O–H groups in total. The molecule has 1 heterocycles. The number of ether oxygens (including phenoxy) is 1. The van der Waals surface area contributed by atoms with Crippen molar-refractivity contribution in [2.45, 2.75) is 12.2 Å². The quantitative estimate of drug-likeness (QED) is 0.851. The van der Waals surface area contributed by atoms with Crippen molar-refractivity contribution in [3.8, 4) is 5.75 Å². The summed E-state index contributed by atoms with van der Waals surface area (Å²) in [5, 5.41) is 3.16. The van der Waals surface area contributed by atoms with Gasteiger partial charge < -0.3 is 10.1 Å². The molecule has 1 aromatic carbocycles. The Morgan fingerprint density at radius 3 is 2.41 bits per heavy atom. The van der Waals surface area contributed by atoms with Crippen LogP contribution >= 0.6 is 12.4 Å². The monoisotopic (exact) mass is 342 g/mol. The number of alkyl halides is 4. The van der Waals surface area contributed by atoms with E-state index in [-0.39, 0.29) is 18.2 Å². The molecule has 126 valence electrons. The van der Waals surface area contributed by atoms with E-state index in [4.69, 9.17) is 4.74 Å². The molecule has 0 bridgehead atoms. The number of benzene rings is 1. The summed E-state index contributed by atoms with van der Waals surface area (Å²) in [6.07, 6.45) is -4.44. The topological polar surface area (TPSA) is 24.5 Å². The highest BCUT2D eigenvalue weighted by Gasteiger charge is 2.33. The number of hydrogen-bond donors (Lipinski definition) is 1. The van der Waals surface area contributed by atoms with E-state index in [9.17, 15) is 17.6 Å². The SMILES string of the molecule is COc1cc(C(F)(F)F)ccc1[C@H](CF)N1CCNCC1.Cl. The molecule has 22 heavy (non-hydrogen) atoms. The molecule has 1 saturated heterocycles. The number of nitrogens with zero attached hydrogens (tertiary/aromatic N) is 1. The number of hydrogen-bond acceptors (Lipinski definition) is 3. The molecule has 0 aromatic heterocycles. The molecule has 0 amide bonds. The van der Waals surface area contributed by atoms with E-state index < -0.39 is 24.5 Å². The molecule has 8 heteroatoms. The Labute approximate surface area is 133 Å². The fraction of sp³-hybridized carbons (Fsp3) is 0.571. The van der Waals surface area contributed by atoms with E-state index in [1.807, 2.05) is 4.90 Å². The minimum Gasteiger partial charge on any atom is -0.496 e. The number of methoxy groups -OCH3 is 1. The predicted molar refractivity (Wildman–Crippen MR) is 78.4 cm³/mol.